The van der Waals surface area contributed by atoms with Crippen LogP contribution in [0.3, 0.4) is 0 Å². The number of carbonyl (C=O) groups is 2. The Morgan fingerprint density at radius 1 is 1.05 bits per heavy atom. The number of ether oxygens (including phenoxy) is 3. The van der Waals surface area contributed by atoms with Crippen LogP contribution in [0.4, 0.5) is 0 Å². The van der Waals surface area contributed by atoms with Gasteiger partial charge in [0.1, 0.15) is 54.4 Å². The first kappa shape index (κ1) is 28.0. The molecule has 1 aliphatic heterocycles. The molecule has 0 saturated carbocycles. The maximum Gasteiger partial charge on any atom is 0.321 e. The van der Waals surface area contributed by atoms with Crippen molar-refractivity contribution in [2.45, 2.75) is 30.7 Å². The van der Waals surface area contributed by atoms with Gasteiger partial charge in [0.05, 0.1) is 10.9 Å². The lowest BCUT2D eigenvalue weighted by Gasteiger charge is -2.40. The molecule has 39 heavy (non-hydrogen) atoms. The monoisotopic (exact) mass is 545 g/mol. The average Bonchev–Trinajstić information content (AvgIpc) is 2.92. The Morgan fingerprint density at radius 2 is 1.77 bits per heavy atom. The first-order valence-corrected chi connectivity index (χ1v) is 11.9. The van der Waals surface area contributed by atoms with Crippen molar-refractivity contribution < 1.29 is 53.7 Å². The molecule has 1 aromatic heterocycles. The highest BCUT2D eigenvalue weighted by Gasteiger charge is 2.46. The zero-order valence-electron chi connectivity index (χ0n) is 20.6. The van der Waals surface area contributed by atoms with Crippen LogP contribution in [0.2, 0.25) is 0 Å². The molecule has 13 nitrogen and oxygen atoms in total. The minimum atomic E-state index is -1.74. The molecule has 0 unspecified atom stereocenters. The number of aromatic hydroxyl groups is 1. The summed E-state index contributed by atoms with van der Waals surface area (Å²) in [5, 5.41) is 52.4. The fourth-order valence-electron chi connectivity index (χ4n) is 4.05. The third kappa shape index (κ3) is 6.02. The zero-order chi connectivity index (χ0) is 28.3. The number of aliphatic hydroxyl groups is 3. The van der Waals surface area contributed by atoms with Gasteiger partial charge < -0.3 is 49.5 Å². The van der Waals surface area contributed by atoms with E-state index >= 15 is 0 Å². The summed E-state index contributed by atoms with van der Waals surface area (Å²) in [6.45, 7) is -0.812. The first-order chi connectivity index (χ1) is 18.6. The maximum absolute atomic E-state index is 13.0. The van der Waals surface area contributed by atoms with Crippen LogP contribution in [0.15, 0.2) is 57.9 Å². The topological polar surface area (TPSA) is 205 Å². The SMILES string of the molecule is CNC[C@@H](C(=O)O)C(=O)OC[C@H]1O[C@H](Oc2ccc3c(=O)c(-c4ccc(O)cc4)coc3c2)[C@@H](O)[C@H](O)[C@H]1O. The van der Waals surface area contributed by atoms with Gasteiger partial charge in [-0.25, -0.2) is 0 Å². The molecule has 0 spiro atoms. The van der Waals surface area contributed by atoms with Crippen molar-refractivity contribution in [2.75, 3.05) is 20.2 Å². The van der Waals surface area contributed by atoms with Gasteiger partial charge in [-0.1, -0.05) is 12.1 Å². The van der Waals surface area contributed by atoms with E-state index in [2.05, 4.69) is 5.32 Å². The van der Waals surface area contributed by atoms with Crippen molar-refractivity contribution in [1.82, 2.24) is 5.32 Å². The quantitative estimate of drug-likeness (QED) is 0.153. The molecular weight excluding hydrogens is 518 g/mol. The van der Waals surface area contributed by atoms with Crippen molar-refractivity contribution in [1.29, 1.82) is 0 Å². The molecule has 1 fully saturated rings. The lowest BCUT2D eigenvalue weighted by atomic mass is 9.99. The molecule has 6 N–H and O–H groups in total. The molecule has 13 heteroatoms. The van der Waals surface area contributed by atoms with Crippen LogP contribution in [0.25, 0.3) is 22.1 Å². The number of phenolic OH excluding ortho intramolecular Hbond substituents is 1. The highest BCUT2D eigenvalue weighted by molar-refractivity contribution is 5.94. The smallest absolute Gasteiger partial charge is 0.321 e. The second-order valence-corrected chi connectivity index (χ2v) is 8.89. The van der Waals surface area contributed by atoms with Crippen molar-refractivity contribution in [2.24, 2.45) is 5.92 Å². The van der Waals surface area contributed by atoms with Crippen LogP contribution < -0.4 is 15.5 Å². The number of nitrogens with one attached hydrogen (secondary N) is 1. The minimum Gasteiger partial charge on any atom is -0.508 e. The number of benzene rings is 2. The highest BCUT2D eigenvalue weighted by atomic mass is 16.7. The molecule has 208 valence electrons. The number of carboxylic acids is 1. The van der Waals surface area contributed by atoms with Crippen LogP contribution in [0.1, 0.15) is 0 Å². The molecule has 6 atom stereocenters. The van der Waals surface area contributed by atoms with Crippen LogP contribution in [0.5, 0.6) is 11.5 Å². The van der Waals surface area contributed by atoms with Gasteiger partial charge in [-0.3, -0.25) is 14.4 Å². The van der Waals surface area contributed by atoms with Crippen molar-refractivity contribution in [3.8, 4) is 22.6 Å². The molecule has 0 radical (unpaired) electrons. The summed E-state index contributed by atoms with van der Waals surface area (Å²) in [6, 6.07) is 10.3. The van der Waals surface area contributed by atoms with E-state index in [1.807, 2.05) is 0 Å². The number of aliphatic carboxylic acids is 1. The van der Waals surface area contributed by atoms with Crippen molar-refractivity contribution >= 4 is 22.9 Å². The summed E-state index contributed by atoms with van der Waals surface area (Å²) >= 11 is 0. The standard InChI is InChI=1S/C26H27NO12/c1-27-9-16(24(33)34)25(35)37-11-19-21(30)22(31)23(32)26(39-19)38-14-6-7-15-18(8-14)36-10-17(20(15)29)12-2-4-13(28)5-3-12/h2-8,10,16,19,21-23,26-28,30-32H,9,11H2,1H3,(H,33,34)/t16-,19+,21-,22+,23-,26-/m0/s1. The fourth-order valence-corrected chi connectivity index (χ4v) is 4.05. The third-order valence-electron chi connectivity index (χ3n) is 6.23. The van der Waals surface area contributed by atoms with E-state index in [4.69, 9.17) is 18.6 Å². The Hall–Kier alpha value is -4.01. The Labute approximate surface area is 220 Å². The summed E-state index contributed by atoms with van der Waals surface area (Å²) in [5.41, 5.74) is 0.639. The first-order valence-electron chi connectivity index (χ1n) is 11.9. The van der Waals surface area contributed by atoms with Gasteiger partial charge in [0, 0.05) is 12.6 Å². The lowest BCUT2D eigenvalue weighted by molar-refractivity contribution is -0.278. The van der Waals surface area contributed by atoms with E-state index in [1.54, 1.807) is 12.1 Å². The number of carbonyl (C=O) groups excluding carboxylic acids is 1. The largest absolute Gasteiger partial charge is 0.508 e. The van der Waals surface area contributed by atoms with Crippen LogP contribution >= 0.6 is 0 Å². The van der Waals surface area contributed by atoms with Crippen molar-refractivity contribution in [3.63, 3.8) is 0 Å². The highest BCUT2D eigenvalue weighted by Crippen LogP contribution is 2.28. The number of phenols is 1. The van der Waals surface area contributed by atoms with Gasteiger partial charge in [-0.2, -0.15) is 0 Å². The summed E-state index contributed by atoms with van der Waals surface area (Å²) in [6.07, 6.45) is -6.75. The second-order valence-electron chi connectivity index (χ2n) is 8.89. The van der Waals surface area contributed by atoms with Gasteiger partial charge in [-0.15, -0.1) is 0 Å². The van der Waals surface area contributed by atoms with E-state index in [1.165, 1.54) is 43.6 Å². The van der Waals surface area contributed by atoms with Gasteiger partial charge in [0.2, 0.25) is 6.29 Å². The molecule has 4 rings (SSSR count). The number of hydrogen-bond acceptors (Lipinski definition) is 12. The maximum atomic E-state index is 13.0. The molecule has 0 amide bonds. The molecule has 0 bridgehead atoms. The summed E-state index contributed by atoms with van der Waals surface area (Å²) in [5.74, 6) is -3.85. The predicted molar refractivity (Wildman–Crippen MR) is 133 cm³/mol. The Bertz CT molecular complexity index is 1390. The number of esters is 1. The van der Waals surface area contributed by atoms with E-state index in [0.717, 1.165) is 0 Å². The molecule has 2 heterocycles. The number of rotatable bonds is 9. The van der Waals surface area contributed by atoms with E-state index in [0.29, 0.717) is 5.56 Å². The molecular formula is C26H27NO12. The van der Waals surface area contributed by atoms with Gasteiger partial charge in [0.15, 0.2) is 11.3 Å². The van der Waals surface area contributed by atoms with E-state index in [9.17, 15) is 39.9 Å². The predicted octanol–water partition coefficient (Wildman–Crippen LogP) is -0.185. The van der Waals surface area contributed by atoms with Crippen LogP contribution in [-0.4, -0.2) is 88.4 Å². The number of hydrogen-bond donors (Lipinski definition) is 6. The van der Waals surface area contributed by atoms with Crippen molar-refractivity contribution in [3.05, 3.63) is 59.0 Å². The molecule has 1 aliphatic rings. The van der Waals surface area contributed by atoms with Crippen LogP contribution in [-0.2, 0) is 19.1 Å². The molecule has 0 aliphatic carbocycles. The Morgan fingerprint density at radius 3 is 2.44 bits per heavy atom. The zero-order valence-corrected chi connectivity index (χ0v) is 20.6. The number of carboxylic acid groups (broad SMARTS) is 1. The minimum absolute atomic E-state index is 0.0501. The van der Waals surface area contributed by atoms with Gasteiger partial charge >= 0.3 is 11.9 Å². The average molecular weight is 545 g/mol. The summed E-state index contributed by atoms with van der Waals surface area (Å²) in [7, 11) is 1.46. The van der Waals surface area contributed by atoms with Crippen LogP contribution in [0, 0.1) is 5.92 Å². The van der Waals surface area contributed by atoms with E-state index < -0.39 is 55.2 Å². The molecule has 1 saturated heterocycles. The lowest BCUT2D eigenvalue weighted by Crippen LogP contribution is -2.60. The van der Waals surface area contributed by atoms with Gasteiger partial charge in [0.25, 0.3) is 0 Å². The van der Waals surface area contributed by atoms with E-state index in [-0.39, 0.29) is 40.0 Å². The molecule has 3 aromatic rings. The Kier molecular flexibility index (Phi) is 8.47. The summed E-state index contributed by atoms with van der Waals surface area (Å²) < 4.78 is 21.8. The number of aliphatic hydroxyl groups excluding tert-OH is 3. The fraction of sp³-hybridized carbons (Fsp3) is 0.346. The third-order valence-corrected chi connectivity index (χ3v) is 6.23. The normalized spacial score (nSPS) is 23.7. The van der Waals surface area contributed by atoms with Gasteiger partial charge in [-0.05, 0) is 36.9 Å². The number of fused-ring (bicyclic) bond motifs is 1. The Balaban J connectivity index is 1.49. The second kappa shape index (κ2) is 11.8. The summed E-state index contributed by atoms with van der Waals surface area (Å²) in [4.78, 5) is 36.4. The molecule has 2 aromatic carbocycles.